The largest absolute Gasteiger partial charge is 0.486 e. The molecule has 0 unspecified atom stereocenters. The van der Waals surface area contributed by atoms with E-state index in [4.69, 9.17) is 9.47 Å². The first-order valence-electron chi connectivity index (χ1n) is 12.3. The van der Waals surface area contributed by atoms with Crippen LogP contribution < -0.4 is 4.74 Å². The molecule has 3 aromatic carbocycles. The number of aliphatic hydroxyl groups is 1. The molecule has 1 fully saturated rings. The van der Waals surface area contributed by atoms with Crippen LogP contribution in [0.25, 0.3) is 11.1 Å². The van der Waals surface area contributed by atoms with Crippen LogP contribution >= 0.6 is 0 Å². The Labute approximate surface area is 215 Å². The van der Waals surface area contributed by atoms with Gasteiger partial charge in [0, 0.05) is 12.3 Å². The zero-order valence-corrected chi connectivity index (χ0v) is 20.4. The molecule has 37 heavy (non-hydrogen) atoms. The number of carbonyl (C=O) groups is 3. The van der Waals surface area contributed by atoms with Crippen molar-refractivity contribution < 1.29 is 34.1 Å². The first-order chi connectivity index (χ1) is 17.8. The second-order valence-corrected chi connectivity index (χ2v) is 9.39. The normalized spacial score (nSPS) is 20.8. The minimum atomic E-state index is -1.56. The van der Waals surface area contributed by atoms with E-state index in [0.717, 1.165) is 11.1 Å². The number of para-hydroxylation sites is 1. The molecule has 4 rings (SSSR count). The van der Waals surface area contributed by atoms with Crippen molar-refractivity contribution >= 4 is 17.7 Å². The second kappa shape index (κ2) is 11.8. The van der Waals surface area contributed by atoms with E-state index in [1.165, 1.54) is 0 Å². The van der Waals surface area contributed by atoms with E-state index in [2.05, 4.69) is 0 Å². The average Bonchev–Trinajstić information content (AvgIpc) is 3.20. The number of esters is 1. The van der Waals surface area contributed by atoms with Crippen molar-refractivity contribution in [2.24, 2.45) is 5.92 Å². The Morgan fingerprint density at radius 2 is 1.49 bits per heavy atom. The molecule has 0 radical (unpaired) electrons. The monoisotopic (exact) mass is 502 g/mol. The molecule has 2 N–H and O–H groups in total. The van der Waals surface area contributed by atoms with Gasteiger partial charge in [0.15, 0.2) is 5.78 Å². The third-order valence-electron chi connectivity index (χ3n) is 6.82. The van der Waals surface area contributed by atoms with Crippen molar-refractivity contribution in [3.05, 3.63) is 90.5 Å². The van der Waals surface area contributed by atoms with Gasteiger partial charge in [-0.15, -0.1) is 0 Å². The molecule has 0 bridgehead atoms. The van der Waals surface area contributed by atoms with Crippen molar-refractivity contribution in [3.63, 3.8) is 0 Å². The van der Waals surface area contributed by atoms with Gasteiger partial charge in [-0.25, -0.2) is 4.79 Å². The molecule has 1 saturated carbocycles. The minimum Gasteiger partial charge on any atom is -0.486 e. The van der Waals surface area contributed by atoms with E-state index in [1.54, 1.807) is 36.4 Å². The highest BCUT2D eigenvalue weighted by atomic mass is 16.5. The maximum atomic E-state index is 12.9. The molecule has 7 heteroatoms. The van der Waals surface area contributed by atoms with Crippen LogP contribution in [0.5, 0.6) is 5.75 Å². The summed E-state index contributed by atoms with van der Waals surface area (Å²) in [5, 5.41) is 20.5. The summed E-state index contributed by atoms with van der Waals surface area (Å²) < 4.78 is 11.3. The maximum Gasteiger partial charge on any atom is 0.338 e. The third-order valence-corrected chi connectivity index (χ3v) is 6.82. The fourth-order valence-electron chi connectivity index (χ4n) is 4.91. The summed E-state index contributed by atoms with van der Waals surface area (Å²) in [4.78, 5) is 36.8. The van der Waals surface area contributed by atoms with E-state index in [0.29, 0.717) is 17.7 Å². The van der Waals surface area contributed by atoms with Crippen LogP contribution in [0.4, 0.5) is 0 Å². The fourth-order valence-corrected chi connectivity index (χ4v) is 4.91. The van der Waals surface area contributed by atoms with Crippen LogP contribution in [0.2, 0.25) is 0 Å². The summed E-state index contributed by atoms with van der Waals surface area (Å²) in [5.41, 5.74) is 0.787. The van der Waals surface area contributed by atoms with E-state index in [9.17, 15) is 24.6 Å². The molecule has 3 atom stereocenters. The summed E-state index contributed by atoms with van der Waals surface area (Å²) in [5.74, 6) is -1.99. The zero-order valence-electron chi connectivity index (χ0n) is 20.4. The standard InChI is InChI=1S/C30H30O7/c31-24(20-36-25-9-5-2-6-10-25)15-16-26-27(17-18-30(26,35)19-28(32)33)37-29(34)23-13-11-22(12-14-23)21-7-3-1-4-8-21/h1-14,26-27,35H,15-20H2,(H,32,33)/t26-,27+,30-/m1/s1. The number of carboxylic acid groups (broad SMARTS) is 1. The zero-order chi connectivity index (χ0) is 26.3. The van der Waals surface area contributed by atoms with Gasteiger partial charge in [-0.2, -0.15) is 0 Å². The third kappa shape index (κ3) is 6.83. The fraction of sp³-hybridized carbons (Fsp3) is 0.300. The molecule has 0 heterocycles. The topological polar surface area (TPSA) is 110 Å². The molecule has 192 valence electrons. The van der Waals surface area contributed by atoms with Crippen LogP contribution in [0, 0.1) is 5.92 Å². The number of Topliss-reactive ketones (excluding diaryl/α,β-unsaturated/α-hetero) is 1. The summed E-state index contributed by atoms with van der Waals surface area (Å²) in [7, 11) is 0. The number of rotatable bonds is 11. The highest BCUT2D eigenvalue weighted by Gasteiger charge is 2.50. The Morgan fingerprint density at radius 1 is 0.865 bits per heavy atom. The number of hydrogen-bond acceptors (Lipinski definition) is 6. The van der Waals surface area contributed by atoms with Gasteiger partial charge >= 0.3 is 11.9 Å². The van der Waals surface area contributed by atoms with Crippen LogP contribution in [-0.2, 0) is 14.3 Å². The molecule has 0 aromatic heterocycles. The number of benzene rings is 3. The molecule has 7 nitrogen and oxygen atoms in total. The molecule has 3 aromatic rings. The second-order valence-electron chi connectivity index (χ2n) is 9.39. The van der Waals surface area contributed by atoms with Crippen LogP contribution in [0.1, 0.15) is 42.5 Å². The smallest absolute Gasteiger partial charge is 0.338 e. The lowest BCUT2D eigenvalue weighted by Crippen LogP contribution is -2.40. The quantitative estimate of drug-likeness (QED) is 0.358. The van der Waals surface area contributed by atoms with E-state index in [1.807, 2.05) is 48.5 Å². The lowest BCUT2D eigenvalue weighted by Gasteiger charge is -2.31. The number of hydrogen-bond donors (Lipinski definition) is 2. The van der Waals surface area contributed by atoms with Crippen molar-refractivity contribution in [2.75, 3.05) is 6.61 Å². The van der Waals surface area contributed by atoms with E-state index >= 15 is 0 Å². The number of ether oxygens (including phenoxy) is 2. The molecule has 0 spiro atoms. The Kier molecular flexibility index (Phi) is 8.36. The molecular formula is C30H30O7. The maximum absolute atomic E-state index is 12.9. The van der Waals surface area contributed by atoms with Crippen LogP contribution in [0.15, 0.2) is 84.9 Å². The number of aliphatic carboxylic acids is 1. The Bertz CT molecular complexity index is 1210. The Balaban J connectivity index is 1.40. The molecule has 1 aliphatic carbocycles. The van der Waals surface area contributed by atoms with Gasteiger partial charge in [0.1, 0.15) is 18.5 Å². The van der Waals surface area contributed by atoms with E-state index in [-0.39, 0.29) is 31.7 Å². The highest BCUT2D eigenvalue weighted by Crippen LogP contribution is 2.43. The minimum absolute atomic E-state index is 0.0687. The predicted molar refractivity (Wildman–Crippen MR) is 137 cm³/mol. The van der Waals surface area contributed by atoms with Gasteiger partial charge in [-0.05, 0) is 54.7 Å². The number of carboxylic acids is 1. The Hall–Kier alpha value is -3.97. The molecule has 0 saturated heterocycles. The number of carbonyl (C=O) groups excluding carboxylic acids is 2. The average molecular weight is 503 g/mol. The number of ketones is 1. The lowest BCUT2D eigenvalue weighted by atomic mass is 9.83. The van der Waals surface area contributed by atoms with Crippen molar-refractivity contribution in [1.29, 1.82) is 0 Å². The van der Waals surface area contributed by atoms with Crippen molar-refractivity contribution in [2.45, 2.75) is 43.8 Å². The Morgan fingerprint density at radius 3 is 2.14 bits per heavy atom. The van der Waals surface area contributed by atoms with Gasteiger partial charge in [0.25, 0.3) is 0 Å². The van der Waals surface area contributed by atoms with E-state index < -0.39 is 36.0 Å². The van der Waals surface area contributed by atoms with Gasteiger partial charge in [-0.1, -0.05) is 60.7 Å². The first kappa shape index (κ1) is 26.1. The summed E-state index contributed by atoms with van der Waals surface area (Å²) in [6.45, 7) is -0.133. The summed E-state index contributed by atoms with van der Waals surface area (Å²) >= 11 is 0. The van der Waals surface area contributed by atoms with Gasteiger partial charge in [0.2, 0.25) is 0 Å². The van der Waals surface area contributed by atoms with Crippen molar-refractivity contribution in [3.8, 4) is 16.9 Å². The first-order valence-corrected chi connectivity index (χ1v) is 12.3. The molecule has 1 aliphatic rings. The predicted octanol–water partition coefficient (Wildman–Crippen LogP) is 4.92. The van der Waals surface area contributed by atoms with Crippen LogP contribution in [-0.4, -0.2) is 46.2 Å². The lowest BCUT2D eigenvalue weighted by molar-refractivity contribution is -0.145. The summed E-state index contributed by atoms with van der Waals surface area (Å²) in [6.07, 6.45) is -0.439. The van der Waals surface area contributed by atoms with Gasteiger partial charge in [-0.3, -0.25) is 9.59 Å². The van der Waals surface area contributed by atoms with Crippen LogP contribution in [0.3, 0.4) is 0 Å². The molecule has 0 aliphatic heterocycles. The van der Waals surface area contributed by atoms with Crippen molar-refractivity contribution in [1.82, 2.24) is 0 Å². The SMILES string of the molecule is O=C(O)C[C@]1(O)CC[C@H](OC(=O)c2ccc(-c3ccccc3)cc2)[C@H]1CCC(=O)COc1ccccc1. The molecular weight excluding hydrogens is 472 g/mol. The summed E-state index contributed by atoms with van der Waals surface area (Å²) in [6, 6.07) is 25.8. The van der Waals surface area contributed by atoms with Gasteiger partial charge < -0.3 is 19.7 Å². The highest BCUT2D eigenvalue weighted by molar-refractivity contribution is 5.90. The molecule has 0 amide bonds. The van der Waals surface area contributed by atoms with Gasteiger partial charge in [0.05, 0.1) is 17.6 Å².